The molecule has 0 radical (unpaired) electrons. The largest absolute Gasteiger partial charge is 0.383 e. The monoisotopic (exact) mass is 267 g/mol. The SMILES string of the molecule is Nc1ncc([N+](=O)[O-])cc1C(=O)Nc1nnns1. The maximum absolute atomic E-state index is 11.8. The first-order chi connectivity index (χ1) is 8.58. The number of nitrogen functional groups attached to an aromatic ring is 1. The number of carbonyl (C=O) groups is 1. The van der Waals surface area contributed by atoms with Gasteiger partial charge in [-0.1, -0.05) is 9.59 Å². The summed E-state index contributed by atoms with van der Waals surface area (Å²) < 4.78 is 3.45. The third-order valence-corrected chi connectivity index (χ3v) is 2.39. The minimum absolute atomic E-state index is 0.112. The molecule has 18 heavy (non-hydrogen) atoms. The molecule has 2 rings (SSSR count). The summed E-state index contributed by atoms with van der Waals surface area (Å²) in [5, 5.41) is 19.9. The second-order valence-electron chi connectivity index (χ2n) is 3.01. The molecule has 11 heteroatoms. The number of anilines is 2. The molecule has 0 unspecified atom stereocenters. The highest BCUT2D eigenvalue weighted by Gasteiger charge is 2.17. The number of rotatable bonds is 3. The summed E-state index contributed by atoms with van der Waals surface area (Å²) in [7, 11) is 0. The van der Waals surface area contributed by atoms with E-state index in [4.69, 9.17) is 5.73 Å². The summed E-state index contributed by atoms with van der Waals surface area (Å²) in [5.41, 5.74) is 5.04. The molecule has 2 aromatic heterocycles. The fourth-order valence-corrected chi connectivity index (χ4v) is 1.45. The number of aromatic nitrogens is 4. The van der Waals surface area contributed by atoms with Crippen LogP contribution in [0.5, 0.6) is 0 Å². The maximum atomic E-state index is 11.8. The van der Waals surface area contributed by atoms with Crippen LogP contribution in [0, 0.1) is 10.1 Å². The lowest BCUT2D eigenvalue weighted by Crippen LogP contribution is -2.15. The average molecular weight is 267 g/mol. The van der Waals surface area contributed by atoms with Crippen molar-refractivity contribution >= 4 is 34.1 Å². The van der Waals surface area contributed by atoms with Crippen molar-refractivity contribution in [2.45, 2.75) is 0 Å². The molecule has 0 bridgehead atoms. The zero-order valence-electron chi connectivity index (χ0n) is 8.60. The van der Waals surface area contributed by atoms with E-state index in [1.54, 1.807) is 0 Å². The summed E-state index contributed by atoms with van der Waals surface area (Å²) in [6, 6.07) is 1.03. The van der Waals surface area contributed by atoms with E-state index in [-0.39, 0.29) is 22.2 Å². The van der Waals surface area contributed by atoms with Crippen LogP contribution in [0.15, 0.2) is 12.3 Å². The van der Waals surface area contributed by atoms with Crippen molar-refractivity contribution in [3.8, 4) is 0 Å². The van der Waals surface area contributed by atoms with E-state index in [0.717, 1.165) is 23.8 Å². The number of nitrogens with zero attached hydrogens (tertiary/aromatic N) is 5. The Bertz CT molecular complexity index is 599. The Morgan fingerprint density at radius 2 is 2.33 bits per heavy atom. The highest BCUT2D eigenvalue weighted by molar-refractivity contribution is 7.09. The van der Waals surface area contributed by atoms with E-state index >= 15 is 0 Å². The molecular weight excluding hydrogens is 262 g/mol. The normalized spacial score (nSPS) is 10.0. The van der Waals surface area contributed by atoms with Crippen LogP contribution in [0.2, 0.25) is 0 Å². The number of nitro groups is 1. The second kappa shape index (κ2) is 4.67. The van der Waals surface area contributed by atoms with Gasteiger partial charge in [0.05, 0.1) is 10.5 Å². The Labute approximate surface area is 103 Å². The number of hydrogen-bond donors (Lipinski definition) is 2. The van der Waals surface area contributed by atoms with Gasteiger partial charge in [-0.2, -0.15) is 0 Å². The van der Waals surface area contributed by atoms with Gasteiger partial charge in [0.2, 0.25) is 5.13 Å². The molecule has 0 saturated heterocycles. The summed E-state index contributed by atoms with van der Waals surface area (Å²) in [6.07, 6.45) is 0.971. The molecule has 92 valence electrons. The molecule has 2 aromatic rings. The van der Waals surface area contributed by atoms with E-state index in [2.05, 4.69) is 25.1 Å². The van der Waals surface area contributed by atoms with Gasteiger partial charge >= 0.3 is 0 Å². The van der Waals surface area contributed by atoms with Crippen molar-refractivity contribution in [3.05, 3.63) is 27.9 Å². The number of carbonyl (C=O) groups excluding carboxylic acids is 1. The Hall–Kier alpha value is -2.69. The molecule has 10 nitrogen and oxygen atoms in total. The molecule has 3 N–H and O–H groups in total. The summed E-state index contributed by atoms with van der Waals surface area (Å²) in [4.78, 5) is 25.2. The molecule has 0 aromatic carbocycles. The van der Waals surface area contributed by atoms with Gasteiger partial charge in [0, 0.05) is 17.6 Å². The van der Waals surface area contributed by atoms with E-state index in [1.807, 2.05) is 0 Å². The van der Waals surface area contributed by atoms with Gasteiger partial charge in [0.25, 0.3) is 11.6 Å². The van der Waals surface area contributed by atoms with Crippen LogP contribution < -0.4 is 11.1 Å². The molecule has 0 atom stereocenters. The zero-order valence-corrected chi connectivity index (χ0v) is 9.42. The lowest BCUT2D eigenvalue weighted by Gasteiger charge is -2.03. The minimum atomic E-state index is -0.671. The van der Waals surface area contributed by atoms with Crippen molar-refractivity contribution in [3.63, 3.8) is 0 Å². The Balaban J connectivity index is 2.29. The number of nitrogens with one attached hydrogen (secondary N) is 1. The van der Waals surface area contributed by atoms with Crippen LogP contribution in [0.1, 0.15) is 10.4 Å². The molecule has 0 aliphatic carbocycles. The van der Waals surface area contributed by atoms with E-state index in [9.17, 15) is 14.9 Å². The third-order valence-electron chi connectivity index (χ3n) is 1.88. The highest BCUT2D eigenvalue weighted by Crippen LogP contribution is 2.18. The Morgan fingerprint density at radius 1 is 1.56 bits per heavy atom. The van der Waals surface area contributed by atoms with Crippen LogP contribution in [-0.2, 0) is 0 Å². The van der Waals surface area contributed by atoms with Crippen molar-refractivity contribution in [2.75, 3.05) is 11.1 Å². The molecular formula is C7H5N7O3S. The predicted octanol–water partition coefficient (Wildman–Crippen LogP) is 0.0708. The standard InChI is InChI=1S/C7H5N7O3S/c8-5-4(1-3(2-9-5)14(16)17)6(15)10-7-11-12-13-18-7/h1-2H,(H2,8,9)(H,10,11,13,15). The molecule has 0 fully saturated rings. The Kier molecular flexibility index (Phi) is 3.05. The van der Waals surface area contributed by atoms with E-state index in [0.29, 0.717) is 0 Å². The van der Waals surface area contributed by atoms with Crippen LogP contribution in [0.25, 0.3) is 0 Å². The highest BCUT2D eigenvalue weighted by atomic mass is 32.1. The molecule has 0 saturated carbocycles. The lowest BCUT2D eigenvalue weighted by atomic mass is 10.2. The zero-order chi connectivity index (χ0) is 13.1. The van der Waals surface area contributed by atoms with Gasteiger partial charge in [0.1, 0.15) is 12.0 Å². The van der Waals surface area contributed by atoms with E-state index < -0.39 is 10.8 Å². The molecule has 1 amide bonds. The van der Waals surface area contributed by atoms with Crippen molar-refractivity contribution < 1.29 is 9.72 Å². The lowest BCUT2D eigenvalue weighted by molar-refractivity contribution is -0.385. The molecule has 2 heterocycles. The van der Waals surface area contributed by atoms with Crippen LogP contribution in [-0.4, -0.2) is 30.6 Å². The number of amides is 1. The molecule has 0 aliphatic rings. The predicted molar refractivity (Wildman–Crippen MR) is 61.0 cm³/mol. The van der Waals surface area contributed by atoms with Gasteiger partial charge in [-0.25, -0.2) is 4.98 Å². The van der Waals surface area contributed by atoms with Crippen molar-refractivity contribution in [1.82, 2.24) is 19.8 Å². The summed E-state index contributed by atoms with van der Waals surface area (Å²) in [6.45, 7) is 0. The quantitative estimate of drug-likeness (QED) is 0.585. The van der Waals surface area contributed by atoms with Crippen molar-refractivity contribution in [2.24, 2.45) is 0 Å². The fraction of sp³-hybridized carbons (Fsp3) is 0. The van der Waals surface area contributed by atoms with Gasteiger partial charge in [0.15, 0.2) is 0 Å². The summed E-state index contributed by atoms with van der Waals surface area (Å²) >= 11 is 0.863. The van der Waals surface area contributed by atoms with Crippen LogP contribution in [0.3, 0.4) is 0 Å². The first-order valence-electron chi connectivity index (χ1n) is 4.44. The van der Waals surface area contributed by atoms with Gasteiger partial charge < -0.3 is 5.73 Å². The summed E-state index contributed by atoms with van der Waals surface area (Å²) in [5.74, 6) is -0.780. The first kappa shape index (κ1) is 11.8. The van der Waals surface area contributed by atoms with Crippen molar-refractivity contribution in [1.29, 1.82) is 0 Å². The second-order valence-corrected chi connectivity index (χ2v) is 3.74. The smallest absolute Gasteiger partial charge is 0.288 e. The number of nitrogens with two attached hydrogens (primary N) is 1. The van der Waals surface area contributed by atoms with Crippen LogP contribution in [0.4, 0.5) is 16.6 Å². The average Bonchev–Trinajstić information content (AvgIpc) is 2.81. The topological polar surface area (TPSA) is 150 Å². The molecule has 0 spiro atoms. The Morgan fingerprint density at radius 3 is 2.94 bits per heavy atom. The number of hydrogen-bond acceptors (Lipinski definition) is 9. The third kappa shape index (κ3) is 2.35. The van der Waals surface area contributed by atoms with Crippen LogP contribution >= 0.6 is 11.5 Å². The first-order valence-corrected chi connectivity index (χ1v) is 5.21. The maximum Gasteiger partial charge on any atom is 0.288 e. The molecule has 0 aliphatic heterocycles. The fourth-order valence-electron chi connectivity index (χ4n) is 1.09. The van der Waals surface area contributed by atoms with Gasteiger partial charge in [-0.05, 0) is 5.21 Å². The van der Waals surface area contributed by atoms with Gasteiger partial charge in [-0.3, -0.25) is 20.2 Å². The minimum Gasteiger partial charge on any atom is -0.383 e. The van der Waals surface area contributed by atoms with Gasteiger partial charge in [-0.15, -0.1) is 0 Å². The number of pyridine rings is 1. The van der Waals surface area contributed by atoms with E-state index in [1.165, 1.54) is 0 Å².